The molecule has 1 N–H and O–H groups in total. The predicted molar refractivity (Wildman–Crippen MR) is 97.5 cm³/mol. The fourth-order valence-corrected chi connectivity index (χ4v) is 2.48. The van der Waals surface area contributed by atoms with Gasteiger partial charge in [0.15, 0.2) is 0 Å². The number of para-hydroxylation sites is 1. The molecule has 0 aromatic heterocycles. The number of nitrogens with one attached hydrogen (secondary N) is 1. The van der Waals surface area contributed by atoms with Gasteiger partial charge in [0.2, 0.25) is 0 Å². The van der Waals surface area contributed by atoms with Crippen molar-refractivity contribution in [3.63, 3.8) is 0 Å². The summed E-state index contributed by atoms with van der Waals surface area (Å²) in [5.74, 6) is 1.74. The fourth-order valence-electron chi connectivity index (χ4n) is 2.48. The van der Waals surface area contributed by atoms with E-state index in [1.807, 2.05) is 60.7 Å². The average Bonchev–Trinajstić information content (AvgIpc) is 2.66. The van der Waals surface area contributed by atoms with Gasteiger partial charge in [0.1, 0.15) is 18.1 Å². The lowest BCUT2D eigenvalue weighted by Crippen LogP contribution is -2.02. The zero-order chi connectivity index (χ0) is 16.6. The van der Waals surface area contributed by atoms with Crippen LogP contribution in [-0.2, 0) is 13.2 Å². The van der Waals surface area contributed by atoms with Crippen LogP contribution in [-0.4, -0.2) is 7.11 Å². The van der Waals surface area contributed by atoms with Crippen LogP contribution in [0, 0.1) is 0 Å². The molecule has 0 fully saturated rings. The molecule has 0 radical (unpaired) electrons. The van der Waals surface area contributed by atoms with Gasteiger partial charge in [-0.3, -0.25) is 0 Å². The van der Waals surface area contributed by atoms with Crippen molar-refractivity contribution in [3.05, 3.63) is 90.0 Å². The summed E-state index contributed by atoms with van der Waals surface area (Å²) in [4.78, 5) is 0. The molecule has 3 heteroatoms. The van der Waals surface area contributed by atoms with Crippen molar-refractivity contribution in [1.82, 2.24) is 0 Å². The summed E-state index contributed by atoms with van der Waals surface area (Å²) >= 11 is 0. The van der Waals surface area contributed by atoms with Crippen LogP contribution in [0.5, 0.6) is 11.5 Å². The molecule has 0 amide bonds. The lowest BCUT2D eigenvalue weighted by molar-refractivity contribution is 0.306. The van der Waals surface area contributed by atoms with E-state index in [-0.39, 0.29) is 0 Å². The Morgan fingerprint density at radius 2 is 1.62 bits per heavy atom. The Labute approximate surface area is 142 Å². The van der Waals surface area contributed by atoms with Crippen LogP contribution in [0.1, 0.15) is 11.1 Å². The lowest BCUT2D eigenvalue weighted by atomic mass is 10.2. The normalized spacial score (nSPS) is 10.2. The molecule has 0 atom stereocenters. The van der Waals surface area contributed by atoms with E-state index in [4.69, 9.17) is 9.47 Å². The number of rotatable bonds is 7. The maximum Gasteiger partial charge on any atom is 0.123 e. The molecule has 3 rings (SSSR count). The number of benzene rings is 3. The largest absolute Gasteiger partial charge is 0.496 e. The zero-order valence-corrected chi connectivity index (χ0v) is 13.7. The number of hydrogen-bond donors (Lipinski definition) is 1. The Morgan fingerprint density at radius 1 is 0.833 bits per heavy atom. The van der Waals surface area contributed by atoms with Gasteiger partial charge in [-0.25, -0.2) is 0 Å². The second-order valence-corrected chi connectivity index (χ2v) is 5.47. The Kier molecular flexibility index (Phi) is 5.36. The molecule has 0 saturated heterocycles. The highest BCUT2D eigenvalue weighted by Gasteiger charge is 2.02. The Bertz CT molecular complexity index is 772. The first-order valence-corrected chi connectivity index (χ1v) is 7.98. The second-order valence-electron chi connectivity index (χ2n) is 5.47. The van der Waals surface area contributed by atoms with Crippen LogP contribution in [0.2, 0.25) is 0 Å². The number of hydrogen-bond acceptors (Lipinski definition) is 3. The third-order valence-electron chi connectivity index (χ3n) is 3.76. The van der Waals surface area contributed by atoms with E-state index >= 15 is 0 Å². The molecule has 0 heterocycles. The summed E-state index contributed by atoms with van der Waals surface area (Å²) in [7, 11) is 1.69. The molecule has 24 heavy (non-hydrogen) atoms. The highest BCUT2D eigenvalue weighted by atomic mass is 16.5. The topological polar surface area (TPSA) is 30.5 Å². The SMILES string of the molecule is COc1ccccc1CNc1cccc(OCc2ccccc2)c1. The molecule has 122 valence electrons. The van der Waals surface area contributed by atoms with Gasteiger partial charge in [-0.05, 0) is 23.8 Å². The minimum absolute atomic E-state index is 0.566. The minimum atomic E-state index is 0.566. The average molecular weight is 319 g/mol. The van der Waals surface area contributed by atoms with E-state index in [0.29, 0.717) is 13.2 Å². The van der Waals surface area contributed by atoms with E-state index in [9.17, 15) is 0 Å². The van der Waals surface area contributed by atoms with Gasteiger partial charge in [0.05, 0.1) is 7.11 Å². The van der Waals surface area contributed by atoms with E-state index in [0.717, 1.165) is 28.3 Å². The smallest absolute Gasteiger partial charge is 0.123 e. The monoisotopic (exact) mass is 319 g/mol. The third-order valence-corrected chi connectivity index (χ3v) is 3.76. The lowest BCUT2D eigenvalue weighted by Gasteiger charge is -2.12. The maximum absolute atomic E-state index is 5.86. The van der Waals surface area contributed by atoms with E-state index in [2.05, 4.69) is 23.5 Å². The third kappa shape index (κ3) is 4.29. The molecular weight excluding hydrogens is 298 g/mol. The van der Waals surface area contributed by atoms with Gasteiger partial charge in [-0.2, -0.15) is 0 Å². The molecule has 3 nitrogen and oxygen atoms in total. The Morgan fingerprint density at radius 3 is 2.46 bits per heavy atom. The van der Waals surface area contributed by atoms with Crippen LogP contribution in [0.4, 0.5) is 5.69 Å². The first kappa shape index (κ1) is 15.9. The molecule has 0 aliphatic carbocycles. The summed E-state index contributed by atoms with van der Waals surface area (Å²) in [6.45, 7) is 1.27. The maximum atomic E-state index is 5.86. The van der Waals surface area contributed by atoms with Crippen molar-refractivity contribution in [3.8, 4) is 11.5 Å². The second kappa shape index (κ2) is 8.06. The van der Waals surface area contributed by atoms with Crippen molar-refractivity contribution in [2.24, 2.45) is 0 Å². The summed E-state index contributed by atoms with van der Waals surface area (Å²) in [6.07, 6.45) is 0. The van der Waals surface area contributed by atoms with Crippen LogP contribution in [0.3, 0.4) is 0 Å². The van der Waals surface area contributed by atoms with Crippen molar-refractivity contribution in [2.75, 3.05) is 12.4 Å². The first-order chi connectivity index (χ1) is 11.8. The van der Waals surface area contributed by atoms with Crippen LogP contribution in [0.15, 0.2) is 78.9 Å². The standard InChI is InChI=1S/C21H21NO2/c1-23-21-13-6-5-10-18(21)15-22-19-11-7-12-20(14-19)24-16-17-8-3-2-4-9-17/h2-14,22H,15-16H2,1H3. The van der Waals surface area contributed by atoms with E-state index in [1.165, 1.54) is 0 Å². The first-order valence-electron chi connectivity index (χ1n) is 7.98. The molecule has 0 spiro atoms. The Hall–Kier alpha value is -2.94. The quantitative estimate of drug-likeness (QED) is 0.673. The van der Waals surface area contributed by atoms with Crippen molar-refractivity contribution >= 4 is 5.69 Å². The van der Waals surface area contributed by atoms with Gasteiger partial charge in [-0.15, -0.1) is 0 Å². The number of anilines is 1. The van der Waals surface area contributed by atoms with Gasteiger partial charge in [0, 0.05) is 23.9 Å². The zero-order valence-electron chi connectivity index (χ0n) is 13.7. The van der Waals surface area contributed by atoms with Gasteiger partial charge in [-0.1, -0.05) is 54.6 Å². The van der Waals surface area contributed by atoms with Crippen molar-refractivity contribution < 1.29 is 9.47 Å². The Balaban J connectivity index is 1.61. The van der Waals surface area contributed by atoms with Crippen molar-refractivity contribution in [1.29, 1.82) is 0 Å². The highest BCUT2D eigenvalue weighted by Crippen LogP contribution is 2.22. The molecule has 0 unspecified atom stereocenters. The summed E-state index contributed by atoms with van der Waals surface area (Å²) in [5, 5.41) is 3.41. The summed E-state index contributed by atoms with van der Waals surface area (Å²) in [5.41, 5.74) is 3.30. The van der Waals surface area contributed by atoms with Crippen LogP contribution >= 0.6 is 0 Å². The molecule has 0 bridgehead atoms. The van der Waals surface area contributed by atoms with Crippen LogP contribution < -0.4 is 14.8 Å². The molecular formula is C21H21NO2. The van der Waals surface area contributed by atoms with Gasteiger partial charge >= 0.3 is 0 Å². The number of methoxy groups -OCH3 is 1. The molecule has 0 aliphatic heterocycles. The summed E-state index contributed by atoms with van der Waals surface area (Å²) in [6, 6.07) is 26.2. The molecule has 0 saturated carbocycles. The molecule has 0 aliphatic rings. The van der Waals surface area contributed by atoms with E-state index < -0.39 is 0 Å². The fraction of sp³-hybridized carbons (Fsp3) is 0.143. The van der Waals surface area contributed by atoms with Gasteiger partial charge < -0.3 is 14.8 Å². The predicted octanol–water partition coefficient (Wildman–Crippen LogP) is 4.89. The summed E-state index contributed by atoms with van der Waals surface area (Å²) < 4.78 is 11.2. The minimum Gasteiger partial charge on any atom is -0.496 e. The van der Waals surface area contributed by atoms with E-state index in [1.54, 1.807) is 7.11 Å². The molecule has 3 aromatic carbocycles. The van der Waals surface area contributed by atoms with Crippen LogP contribution in [0.25, 0.3) is 0 Å². The highest BCUT2D eigenvalue weighted by molar-refractivity contribution is 5.49. The molecule has 3 aromatic rings. The van der Waals surface area contributed by atoms with Crippen molar-refractivity contribution in [2.45, 2.75) is 13.2 Å². The van der Waals surface area contributed by atoms with Gasteiger partial charge in [0.25, 0.3) is 0 Å². The number of ether oxygens (including phenoxy) is 2.